The summed E-state index contributed by atoms with van der Waals surface area (Å²) in [6.07, 6.45) is 1.77. The van der Waals surface area contributed by atoms with Crippen LogP contribution in [0.5, 0.6) is 0 Å². The van der Waals surface area contributed by atoms with E-state index in [9.17, 15) is 13.2 Å². The lowest BCUT2D eigenvalue weighted by Gasteiger charge is -2.16. The highest BCUT2D eigenvalue weighted by Crippen LogP contribution is 2.23. The molecule has 0 unspecified atom stereocenters. The van der Waals surface area contributed by atoms with E-state index in [-0.39, 0.29) is 23.4 Å². The van der Waals surface area contributed by atoms with Gasteiger partial charge in [0, 0.05) is 29.4 Å². The highest BCUT2D eigenvalue weighted by Gasteiger charge is 2.27. The van der Waals surface area contributed by atoms with E-state index in [0.717, 1.165) is 18.4 Å². The number of benzene rings is 2. The molecule has 0 aliphatic carbocycles. The summed E-state index contributed by atoms with van der Waals surface area (Å²) in [4.78, 5) is 12.5. The van der Waals surface area contributed by atoms with Gasteiger partial charge in [-0.1, -0.05) is 29.8 Å². The number of rotatable bonds is 7. The van der Waals surface area contributed by atoms with E-state index >= 15 is 0 Å². The van der Waals surface area contributed by atoms with Crippen LogP contribution in [0.1, 0.15) is 31.4 Å². The Labute approximate surface area is 170 Å². The fraction of sp³-hybridized carbons (Fsp3) is 0.350. The zero-order valence-corrected chi connectivity index (χ0v) is 17.3. The molecule has 1 heterocycles. The first-order chi connectivity index (χ1) is 13.4. The molecule has 0 saturated carbocycles. The van der Waals surface area contributed by atoms with Crippen LogP contribution in [0.2, 0.25) is 5.02 Å². The van der Waals surface area contributed by atoms with E-state index in [1.165, 1.54) is 10.4 Å². The SMILES string of the molecule is C[C@@H]([NH2+]CC(=O)Nc1cccc(S(=O)(=O)N2CCCC2)c1)c1cccc(Cl)c1. The van der Waals surface area contributed by atoms with Gasteiger partial charge < -0.3 is 10.6 Å². The van der Waals surface area contributed by atoms with Crippen LogP contribution < -0.4 is 10.6 Å². The first-order valence-corrected chi connectivity index (χ1v) is 11.2. The molecule has 0 spiro atoms. The van der Waals surface area contributed by atoms with Gasteiger partial charge in [-0.15, -0.1) is 0 Å². The van der Waals surface area contributed by atoms with Crippen LogP contribution in [0.4, 0.5) is 5.69 Å². The normalized spacial score (nSPS) is 16.1. The molecule has 8 heteroatoms. The fourth-order valence-electron chi connectivity index (χ4n) is 3.23. The minimum atomic E-state index is -3.50. The van der Waals surface area contributed by atoms with Gasteiger partial charge in [0.15, 0.2) is 6.54 Å². The molecular formula is C20H25ClN3O3S+. The van der Waals surface area contributed by atoms with E-state index < -0.39 is 10.0 Å². The molecule has 1 atom stereocenters. The zero-order valence-electron chi connectivity index (χ0n) is 15.8. The molecule has 0 bridgehead atoms. The lowest BCUT2D eigenvalue weighted by Crippen LogP contribution is -2.86. The number of sulfonamides is 1. The molecule has 6 nitrogen and oxygen atoms in total. The van der Waals surface area contributed by atoms with Crippen LogP contribution in [-0.2, 0) is 14.8 Å². The summed E-state index contributed by atoms with van der Waals surface area (Å²) in [5.41, 5.74) is 1.52. The van der Waals surface area contributed by atoms with Gasteiger partial charge in [-0.05, 0) is 50.1 Å². The minimum absolute atomic E-state index is 0.0753. The topological polar surface area (TPSA) is 83.1 Å². The van der Waals surface area contributed by atoms with Crippen molar-refractivity contribution in [2.45, 2.75) is 30.7 Å². The van der Waals surface area contributed by atoms with Gasteiger partial charge >= 0.3 is 0 Å². The largest absolute Gasteiger partial charge is 0.333 e. The molecule has 1 aliphatic rings. The maximum atomic E-state index is 12.7. The predicted molar refractivity (Wildman–Crippen MR) is 110 cm³/mol. The summed E-state index contributed by atoms with van der Waals surface area (Å²) < 4.78 is 26.8. The number of halogens is 1. The molecular weight excluding hydrogens is 398 g/mol. The second kappa shape index (κ2) is 9.05. The van der Waals surface area contributed by atoms with Crippen LogP contribution in [-0.4, -0.2) is 38.3 Å². The number of amides is 1. The lowest BCUT2D eigenvalue weighted by molar-refractivity contribution is -0.682. The van der Waals surface area contributed by atoms with Crippen LogP contribution in [0, 0.1) is 0 Å². The van der Waals surface area contributed by atoms with Crippen LogP contribution in [0.15, 0.2) is 53.4 Å². The summed E-state index contributed by atoms with van der Waals surface area (Å²) in [5.74, 6) is -0.190. The monoisotopic (exact) mass is 422 g/mol. The van der Waals surface area contributed by atoms with Crippen molar-refractivity contribution in [2.75, 3.05) is 25.0 Å². The highest BCUT2D eigenvalue weighted by molar-refractivity contribution is 7.89. The van der Waals surface area contributed by atoms with E-state index in [2.05, 4.69) is 5.32 Å². The molecule has 28 heavy (non-hydrogen) atoms. The second-order valence-corrected chi connectivity index (χ2v) is 9.35. The molecule has 1 amide bonds. The van der Waals surface area contributed by atoms with E-state index in [1.54, 1.807) is 18.2 Å². The summed E-state index contributed by atoms with van der Waals surface area (Å²) in [6.45, 7) is 3.32. The van der Waals surface area contributed by atoms with Gasteiger partial charge in [0.1, 0.15) is 6.04 Å². The number of carbonyl (C=O) groups excluding carboxylic acids is 1. The number of carbonyl (C=O) groups is 1. The van der Waals surface area contributed by atoms with E-state index in [4.69, 9.17) is 11.6 Å². The number of nitrogens with one attached hydrogen (secondary N) is 1. The molecule has 0 aromatic heterocycles. The van der Waals surface area contributed by atoms with Crippen molar-refractivity contribution in [2.24, 2.45) is 0 Å². The van der Waals surface area contributed by atoms with Crippen LogP contribution in [0.25, 0.3) is 0 Å². The third-order valence-corrected chi connectivity index (χ3v) is 6.98. The number of nitrogens with zero attached hydrogens (tertiary/aromatic N) is 1. The van der Waals surface area contributed by atoms with Gasteiger partial charge in [-0.3, -0.25) is 4.79 Å². The zero-order chi connectivity index (χ0) is 20.1. The van der Waals surface area contributed by atoms with Crippen molar-refractivity contribution in [1.82, 2.24) is 4.31 Å². The molecule has 1 aliphatic heterocycles. The van der Waals surface area contributed by atoms with Crippen molar-refractivity contribution in [3.63, 3.8) is 0 Å². The second-order valence-electron chi connectivity index (χ2n) is 6.97. The van der Waals surface area contributed by atoms with E-state index in [1.807, 2.05) is 36.5 Å². The molecule has 1 saturated heterocycles. The Morgan fingerprint density at radius 2 is 1.89 bits per heavy atom. The number of quaternary nitrogens is 1. The van der Waals surface area contributed by atoms with Gasteiger partial charge in [0.05, 0.1) is 4.90 Å². The maximum absolute atomic E-state index is 12.7. The lowest BCUT2D eigenvalue weighted by atomic mass is 10.1. The average molecular weight is 423 g/mol. The maximum Gasteiger partial charge on any atom is 0.279 e. The summed E-state index contributed by atoms with van der Waals surface area (Å²) in [7, 11) is -3.50. The highest BCUT2D eigenvalue weighted by atomic mass is 35.5. The number of nitrogens with two attached hydrogens (primary N) is 1. The number of anilines is 1. The van der Waals surface area contributed by atoms with Crippen LogP contribution >= 0.6 is 11.6 Å². The smallest absolute Gasteiger partial charge is 0.279 e. The summed E-state index contributed by atoms with van der Waals surface area (Å²) in [6, 6.07) is 14.1. The Morgan fingerprint density at radius 3 is 2.61 bits per heavy atom. The Kier molecular flexibility index (Phi) is 6.72. The number of hydrogen-bond acceptors (Lipinski definition) is 3. The first-order valence-electron chi connectivity index (χ1n) is 9.35. The third-order valence-electron chi connectivity index (χ3n) is 4.85. The molecule has 2 aromatic rings. The molecule has 3 rings (SSSR count). The van der Waals surface area contributed by atoms with Crippen LogP contribution in [0.3, 0.4) is 0 Å². The predicted octanol–water partition coefficient (Wildman–Crippen LogP) is 2.39. The summed E-state index contributed by atoms with van der Waals surface area (Å²) in [5, 5.41) is 5.36. The average Bonchev–Trinajstić information content (AvgIpc) is 3.22. The van der Waals surface area contributed by atoms with Gasteiger partial charge in [0.2, 0.25) is 10.0 Å². The summed E-state index contributed by atoms with van der Waals surface area (Å²) >= 11 is 6.01. The first kappa shape index (κ1) is 20.8. The minimum Gasteiger partial charge on any atom is -0.333 e. The van der Waals surface area contributed by atoms with Crippen molar-refractivity contribution < 1.29 is 18.5 Å². The third kappa shape index (κ3) is 5.11. The van der Waals surface area contributed by atoms with Gasteiger partial charge in [-0.2, -0.15) is 4.31 Å². The van der Waals surface area contributed by atoms with Crippen molar-refractivity contribution in [3.8, 4) is 0 Å². The molecule has 3 N–H and O–H groups in total. The van der Waals surface area contributed by atoms with Crippen molar-refractivity contribution >= 4 is 33.2 Å². The van der Waals surface area contributed by atoms with Crippen molar-refractivity contribution in [1.29, 1.82) is 0 Å². The quantitative estimate of drug-likeness (QED) is 0.718. The standard InChI is InChI=1S/C20H24ClN3O3S/c1-15(16-6-4-7-17(21)12-16)22-14-20(25)23-18-8-5-9-19(13-18)28(26,27)24-10-2-3-11-24/h4-9,12-13,15,22H,2-3,10-11,14H2,1H3,(H,23,25)/p+1/t15-/m1/s1. The number of hydrogen-bond donors (Lipinski definition) is 2. The Morgan fingerprint density at radius 1 is 1.18 bits per heavy atom. The Bertz CT molecular complexity index is 943. The molecule has 0 radical (unpaired) electrons. The molecule has 1 fully saturated rings. The van der Waals surface area contributed by atoms with E-state index in [0.29, 0.717) is 23.8 Å². The van der Waals surface area contributed by atoms with Gasteiger partial charge in [-0.25, -0.2) is 8.42 Å². The Balaban J connectivity index is 1.60. The Hall–Kier alpha value is -1.93. The molecule has 150 valence electrons. The van der Waals surface area contributed by atoms with Gasteiger partial charge in [0.25, 0.3) is 5.91 Å². The fourth-order valence-corrected chi connectivity index (χ4v) is 5.00. The van der Waals surface area contributed by atoms with Crippen molar-refractivity contribution in [3.05, 3.63) is 59.1 Å². The molecule has 2 aromatic carbocycles.